The fraction of sp³-hybridized carbons (Fsp3) is 0.700. The third-order valence-corrected chi connectivity index (χ3v) is 2.57. The van der Waals surface area contributed by atoms with E-state index in [2.05, 4.69) is 10.3 Å². The van der Waals surface area contributed by atoms with Crippen LogP contribution in [0.25, 0.3) is 0 Å². The van der Waals surface area contributed by atoms with Crippen LogP contribution in [0.15, 0.2) is 18.7 Å². The molecule has 0 saturated heterocycles. The summed E-state index contributed by atoms with van der Waals surface area (Å²) < 4.78 is 1.99. The van der Waals surface area contributed by atoms with Gasteiger partial charge in [0, 0.05) is 25.0 Å². The van der Waals surface area contributed by atoms with E-state index in [-0.39, 0.29) is 12.1 Å². The van der Waals surface area contributed by atoms with E-state index in [4.69, 9.17) is 0 Å². The van der Waals surface area contributed by atoms with Gasteiger partial charge in [0.15, 0.2) is 0 Å². The average Bonchev–Trinajstić information content (AvgIpc) is 2.81. The molecule has 1 saturated carbocycles. The molecule has 4 heteroatoms. The van der Waals surface area contributed by atoms with Crippen molar-refractivity contribution in [1.82, 2.24) is 14.9 Å². The first kappa shape index (κ1) is 9.68. The molecular formula is C10H17N3O. The predicted octanol–water partition coefficient (Wildman–Crippen LogP) is 0.386. The highest BCUT2D eigenvalue weighted by Crippen LogP contribution is 2.23. The molecule has 1 aliphatic carbocycles. The van der Waals surface area contributed by atoms with Crippen molar-refractivity contribution in [3.8, 4) is 0 Å². The molecule has 1 aromatic rings. The molecule has 0 aromatic carbocycles. The molecule has 4 nitrogen and oxygen atoms in total. The van der Waals surface area contributed by atoms with Gasteiger partial charge in [-0.15, -0.1) is 0 Å². The maximum Gasteiger partial charge on any atom is 0.0946 e. The average molecular weight is 195 g/mol. The minimum atomic E-state index is -0.220. The lowest BCUT2D eigenvalue weighted by atomic mass is 10.0. The Hall–Kier alpha value is -0.870. The molecule has 0 amide bonds. The van der Waals surface area contributed by atoms with Gasteiger partial charge in [0.05, 0.1) is 18.5 Å². The van der Waals surface area contributed by atoms with Gasteiger partial charge in [-0.05, 0) is 19.8 Å². The second-order valence-corrected chi connectivity index (χ2v) is 4.37. The third-order valence-electron chi connectivity index (χ3n) is 2.57. The molecule has 0 aliphatic heterocycles. The van der Waals surface area contributed by atoms with Crippen LogP contribution in [-0.2, 0) is 6.54 Å². The van der Waals surface area contributed by atoms with E-state index >= 15 is 0 Å². The summed E-state index contributed by atoms with van der Waals surface area (Å²) in [7, 11) is 0. The largest absolute Gasteiger partial charge is 0.394 e. The highest BCUT2D eigenvalue weighted by Gasteiger charge is 2.32. The summed E-state index contributed by atoms with van der Waals surface area (Å²) in [6.07, 6.45) is 7.93. The Morgan fingerprint density at radius 2 is 2.43 bits per heavy atom. The first-order chi connectivity index (χ1) is 6.72. The number of aliphatic hydroxyl groups excluding tert-OH is 1. The van der Waals surface area contributed by atoms with Crippen LogP contribution in [0.5, 0.6) is 0 Å². The van der Waals surface area contributed by atoms with Crippen LogP contribution in [0.3, 0.4) is 0 Å². The lowest BCUT2D eigenvalue weighted by Crippen LogP contribution is -2.50. The Labute approximate surface area is 84.0 Å². The molecule has 14 heavy (non-hydrogen) atoms. The monoisotopic (exact) mass is 195 g/mol. The number of nitrogens with zero attached hydrogens (tertiary/aromatic N) is 2. The van der Waals surface area contributed by atoms with Crippen molar-refractivity contribution in [2.24, 2.45) is 0 Å². The van der Waals surface area contributed by atoms with Gasteiger partial charge in [-0.25, -0.2) is 4.98 Å². The Balaban J connectivity index is 1.96. The fourth-order valence-electron chi connectivity index (χ4n) is 1.64. The van der Waals surface area contributed by atoms with Crippen molar-refractivity contribution in [3.63, 3.8) is 0 Å². The van der Waals surface area contributed by atoms with Crippen LogP contribution in [0.4, 0.5) is 0 Å². The van der Waals surface area contributed by atoms with Gasteiger partial charge in [0.1, 0.15) is 0 Å². The van der Waals surface area contributed by atoms with Crippen LogP contribution in [-0.4, -0.2) is 32.8 Å². The van der Waals surface area contributed by atoms with Gasteiger partial charge in [0.25, 0.3) is 0 Å². The molecule has 1 heterocycles. The zero-order chi connectivity index (χ0) is 10.0. The van der Waals surface area contributed by atoms with Crippen LogP contribution in [0, 0.1) is 0 Å². The number of nitrogens with one attached hydrogen (secondary N) is 1. The van der Waals surface area contributed by atoms with E-state index in [1.165, 1.54) is 12.8 Å². The number of aromatic nitrogens is 2. The Morgan fingerprint density at radius 3 is 2.93 bits per heavy atom. The molecule has 2 N–H and O–H groups in total. The van der Waals surface area contributed by atoms with E-state index in [1.807, 2.05) is 17.7 Å². The number of hydrogen-bond acceptors (Lipinski definition) is 3. The zero-order valence-electron chi connectivity index (χ0n) is 8.48. The summed E-state index contributed by atoms with van der Waals surface area (Å²) in [5, 5.41) is 12.8. The summed E-state index contributed by atoms with van der Waals surface area (Å²) in [5.41, 5.74) is -0.220. The van der Waals surface area contributed by atoms with E-state index < -0.39 is 0 Å². The van der Waals surface area contributed by atoms with Crippen LogP contribution < -0.4 is 5.32 Å². The maximum atomic E-state index is 9.36. The Kier molecular flexibility index (Phi) is 2.56. The Bertz CT molecular complexity index is 282. The van der Waals surface area contributed by atoms with Crippen LogP contribution in [0.2, 0.25) is 0 Å². The fourth-order valence-corrected chi connectivity index (χ4v) is 1.64. The van der Waals surface area contributed by atoms with Gasteiger partial charge < -0.3 is 15.0 Å². The topological polar surface area (TPSA) is 50.1 Å². The van der Waals surface area contributed by atoms with E-state index in [9.17, 15) is 5.11 Å². The van der Waals surface area contributed by atoms with Gasteiger partial charge in [0.2, 0.25) is 0 Å². The Morgan fingerprint density at radius 1 is 1.64 bits per heavy atom. The van der Waals surface area contributed by atoms with E-state index in [1.54, 1.807) is 12.5 Å². The number of hydrogen-bond donors (Lipinski definition) is 2. The minimum absolute atomic E-state index is 0.154. The minimum Gasteiger partial charge on any atom is -0.394 e. The van der Waals surface area contributed by atoms with Gasteiger partial charge in [-0.2, -0.15) is 0 Å². The normalized spacial score (nSPS) is 20.7. The lowest BCUT2D eigenvalue weighted by Gasteiger charge is -2.29. The molecular weight excluding hydrogens is 178 g/mol. The molecule has 1 atom stereocenters. The van der Waals surface area contributed by atoms with Crippen molar-refractivity contribution in [1.29, 1.82) is 0 Å². The maximum absolute atomic E-state index is 9.36. The SMILES string of the molecule is CC(CO)(Cn1ccnc1)NC1CC1. The second kappa shape index (κ2) is 3.71. The first-order valence-electron chi connectivity index (χ1n) is 5.06. The zero-order valence-corrected chi connectivity index (χ0v) is 8.48. The summed E-state index contributed by atoms with van der Waals surface area (Å²) in [5.74, 6) is 0. The van der Waals surface area contributed by atoms with Crippen molar-refractivity contribution >= 4 is 0 Å². The molecule has 1 aliphatic rings. The number of imidazole rings is 1. The molecule has 2 rings (SSSR count). The van der Waals surface area contributed by atoms with E-state index in [0.717, 1.165) is 6.54 Å². The van der Waals surface area contributed by atoms with Gasteiger partial charge in [-0.3, -0.25) is 0 Å². The van der Waals surface area contributed by atoms with Gasteiger partial charge >= 0.3 is 0 Å². The molecule has 1 aromatic heterocycles. The summed E-state index contributed by atoms with van der Waals surface area (Å²) in [4.78, 5) is 3.99. The molecule has 0 spiro atoms. The molecule has 78 valence electrons. The van der Waals surface area contributed by atoms with Crippen LogP contribution >= 0.6 is 0 Å². The predicted molar refractivity (Wildman–Crippen MR) is 53.9 cm³/mol. The molecule has 1 unspecified atom stereocenters. The number of aliphatic hydroxyl groups is 1. The van der Waals surface area contributed by atoms with Crippen molar-refractivity contribution in [2.75, 3.05) is 6.61 Å². The molecule has 1 fully saturated rings. The smallest absolute Gasteiger partial charge is 0.0946 e. The molecule has 0 radical (unpaired) electrons. The summed E-state index contributed by atoms with van der Waals surface area (Å²) in [6, 6.07) is 0.607. The molecule has 0 bridgehead atoms. The van der Waals surface area contributed by atoms with Gasteiger partial charge in [-0.1, -0.05) is 0 Å². The summed E-state index contributed by atoms with van der Waals surface area (Å²) >= 11 is 0. The highest BCUT2D eigenvalue weighted by molar-refractivity contribution is 4.93. The highest BCUT2D eigenvalue weighted by atomic mass is 16.3. The van der Waals surface area contributed by atoms with Crippen LogP contribution in [0.1, 0.15) is 19.8 Å². The lowest BCUT2D eigenvalue weighted by molar-refractivity contribution is 0.155. The third kappa shape index (κ3) is 2.33. The van der Waals surface area contributed by atoms with Crippen molar-refractivity contribution in [2.45, 2.75) is 37.9 Å². The summed E-state index contributed by atoms with van der Waals surface area (Å²) in [6.45, 7) is 2.97. The van der Waals surface area contributed by atoms with Crippen molar-refractivity contribution in [3.05, 3.63) is 18.7 Å². The second-order valence-electron chi connectivity index (χ2n) is 4.37. The number of rotatable bonds is 5. The quantitative estimate of drug-likeness (QED) is 0.714. The van der Waals surface area contributed by atoms with Crippen molar-refractivity contribution < 1.29 is 5.11 Å². The van der Waals surface area contributed by atoms with E-state index in [0.29, 0.717) is 6.04 Å². The first-order valence-corrected chi connectivity index (χ1v) is 5.06. The standard InChI is InChI=1S/C10H17N3O/c1-10(7-14,12-9-2-3-9)6-13-5-4-11-8-13/h4-5,8-9,12,14H,2-3,6-7H2,1H3.